The Morgan fingerprint density at radius 2 is 1.97 bits per heavy atom. The van der Waals surface area contributed by atoms with Crippen molar-refractivity contribution in [3.8, 4) is 11.1 Å². The minimum atomic E-state index is 0. The fraction of sp³-hybridized carbons (Fsp3) is 0.304. The summed E-state index contributed by atoms with van der Waals surface area (Å²) in [5.74, 6) is 0.235. The number of hydrogen-bond acceptors (Lipinski definition) is 3. The molecule has 4 rings (SSSR count). The van der Waals surface area contributed by atoms with Crippen molar-refractivity contribution in [3.05, 3.63) is 78.1 Å². The molecule has 1 aliphatic rings. The van der Waals surface area contributed by atoms with Gasteiger partial charge in [0.05, 0.1) is 12.5 Å². The molecule has 0 spiro atoms. The average molecular weight is 411 g/mol. The van der Waals surface area contributed by atoms with Crippen LogP contribution in [0.5, 0.6) is 0 Å². The second-order valence-electron chi connectivity index (χ2n) is 7.32. The number of aromatic nitrogens is 2. The van der Waals surface area contributed by atoms with Crippen molar-refractivity contribution < 1.29 is 4.79 Å². The third-order valence-electron chi connectivity index (χ3n) is 5.31. The first kappa shape index (κ1) is 21.1. The van der Waals surface area contributed by atoms with Crippen molar-refractivity contribution in [2.24, 2.45) is 5.92 Å². The molecule has 2 N–H and O–H groups in total. The van der Waals surface area contributed by atoms with Crippen LogP contribution in [-0.4, -0.2) is 28.8 Å². The number of carbonyl (C=O) groups excluding carboxylic acids is 1. The van der Waals surface area contributed by atoms with Crippen LogP contribution in [-0.2, 0) is 17.9 Å². The molecule has 3 aromatic rings. The van der Waals surface area contributed by atoms with E-state index in [1.165, 1.54) is 5.56 Å². The maximum absolute atomic E-state index is 12.5. The van der Waals surface area contributed by atoms with Crippen molar-refractivity contribution in [1.82, 2.24) is 20.4 Å². The Hall–Kier alpha value is -2.63. The number of piperidine rings is 1. The van der Waals surface area contributed by atoms with Crippen LogP contribution in [0.25, 0.3) is 11.1 Å². The van der Waals surface area contributed by atoms with Crippen molar-refractivity contribution in [2.75, 3.05) is 13.1 Å². The van der Waals surface area contributed by atoms with E-state index in [-0.39, 0.29) is 24.2 Å². The van der Waals surface area contributed by atoms with E-state index in [2.05, 4.69) is 52.1 Å². The number of benzene rings is 2. The van der Waals surface area contributed by atoms with E-state index in [1.807, 2.05) is 29.1 Å². The molecule has 1 unspecified atom stereocenters. The van der Waals surface area contributed by atoms with Crippen molar-refractivity contribution in [1.29, 1.82) is 0 Å². The Morgan fingerprint density at radius 1 is 1.14 bits per heavy atom. The quantitative estimate of drug-likeness (QED) is 0.652. The van der Waals surface area contributed by atoms with Crippen molar-refractivity contribution >= 4 is 18.3 Å². The van der Waals surface area contributed by atoms with Gasteiger partial charge in [-0.3, -0.25) is 9.48 Å². The van der Waals surface area contributed by atoms with Gasteiger partial charge < -0.3 is 10.6 Å². The number of nitrogens with one attached hydrogen (secondary N) is 2. The summed E-state index contributed by atoms with van der Waals surface area (Å²) in [6.45, 7) is 3.12. The van der Waals surface area contributed by atoms with Crippen LogP contribution in [0.15, 0.2) is 67.0 Å². The maximum atomic E-state index is 12.5. The highest BCUT2D eigenvalue weighted by atomic mass is 35.5. The van der Waals surface area contributed by atoms with Gasteiger partial charge in [0.25, 0.3) is 0 Å². The van der Waals surface area contributed by atoms with Gasteiger partial charge in [0, 0.05) is 25.5 Å². The van der Waals surface area contributed by atoms with Gasteiger partial charge in [0.1, 0.15) is 0 Å². The zero-order valence-corrected chi connectivity index (χ0v) is 17.2. The lowest BCUT2D eigenvalue weighted by Gasteiger charge is -2.22. The van der Waals surface area contributed by atoms with Crippen molar-refractivity contribution in [3.63, 3.8) is 0 Å². The van der Waals surface area contributed by atoms with E-state index >= 15 is 0 Å². The van der Waals surface area contributed by atoms with E-state index < -0.39 is 0 Å². The van der Waals surface area contributed by atoms with Gasteiger partial charge in [-0.1, -0.05) is 48.5 Å². The highest BCUT2D eigenvalue weighted by molar-refractivity contribution is 5.85. The zero-order chi connectivity index (χ0) is 19.2. The Morgan fingerprint density at radius 3 is 2.69 bits per heavy atom. The molecule has 1 aromatic heterocycles. The summed E-state index contributed by atoms with van der Waals surface area (Å²) in [7, 11) is 0. The lowest BCUT2D eigenvalue weighted by Crippen LogP contribution is -2.40. The molecule has 1 saturated heterocycles. The monoisotopic (exact) mass is 410 g/mol. The van der Waals surface area contributed by atoms with Crippen LogP contribution in [0.4, 0.5) is 0 Å². The predicted octanol–water partition coefficient (Wildman–Crippen LogP) is 3.64. The molecule has 0 aliphatic carbocycles. The van der Waals surface area contributed by atoms with E-state index in [0.717, 1.165) is 49.2 Å². The predicted molar refractivity (Wildman–Crippen MR) is 118 cm³/mol. The van der Waals surface area contributed by atoms with Crippen molar-refractivity contribution in [2.45, 2.75) is 25.9 Å². The fourth-order valence-corrected chi connectivity index (χ4v) is 3.73. The standard InChI is InChI=1S/C23H26N4O.ClH/c28-23(21-6-3-12-24-15-21)25-16-20-5-1-2-7-22(20)19-10-8-18(9-11-19)17-27-14-4-13-26-27;/h1-2,4-5,7-11,13-14,21,24H,3,6,12,15-17H2,(H,25,28);1H. The number of rotatable bonds is 6. The van der Waals surface area contributed by atoms with Gasteiger partial charge in [-0.05, 0) is 47.7 Å². The van der Waals surface area contributed by atoms with E-state index in [4.69, 9.17) is 0 Å². The first-order chi connectivity index (χ1) is 13.8. The second-order valence-corrected chi connectivity index (χ2v) is 7.32. The summed E-state index contributed by atoms with van der Waals surface area (Å²) in [6.07, 6.45) is 5.80. The molecule has 1 fully saturated rings. The normalized spacial score (nSPS) is 16.1. The summed E-state index contributed by atoms with van der Waals surface area (Å²) in [4.78, 5) is 12.5. The molecule has 2 heterocycles. The molecule has 6 heteroatoms. The minimum absolute atomic E-state index is 0. The first-order valence-corrected chi connectivity index (χ1v) is 9.93. The molecular weight excluding hydrogens is 384 g/mol. The Bertz CT molecular complexity index is 903. The lowest BCUT2D eigenvalue weighted by atomic mass is 9.97. The highest BCUT2D eigenvalue weighted by Crippen LogP contribution is 2.24. The van der Waals surface area contributed by atoms with Crippen LogP contribution in [0.3, 0.4) is 0 Å². The third kappa shape index (κ3) is 5.46. The number of halogens is 1. The smallest absolute Gasteiger partial charge is 0.224 e. The molecule has 1 aliphatic heterocycles. The van der Waals surface area contributed by atoms with Gasteiger partial charge in [0.2, 0.25) is 5.91 Å². The van der Waals surface area contributed by atoms with Gasteiger partial charge in [-0.25, -0.2) is 0 Å². The largest absolute Gasteiger partial charge is 0.352 e. The van der Waals surface area contributed by atoms with E-state index in [0.29, 0.717) is 6.54 Å². The number of carbonyl (C=O) groups is 1. The van der Waals surface area contributed by atoms with E-state index in [1.54, 1.807) is 6.20 Å². The number of amides is 1. The summed E-state index contributed by atoms with van der Waals surface area (Å²) < 4.78 is 1.92. The first-order valence-electron chi connectivity index (χ1n) is 9.93. The maximum Gasteiger partial charge on any atom is 0.224 e. The second kappa shape index (κ2) is 10.2. The molecule has 0 saturated carbocycles. The summed E-state index contributed by atoms with van der Waals surface area (Å²) in [5, 5.41) is 10.7. The lowest BCUT2D eigenvalue weighted by molar-refractivity contribution is -0.125. The van der Waals surface area contributed by atoms with Gasteiger partial charge in [-0.2, -0.15) is 5.10 Å². The van der Waals surface area contributed by atoms with Crippen LogP contribution in [0.2, 0.25) is 0 Å². The van der Waals surface area contributed by atoms with Gasteiger partial charge >= 0.3 is 0 Å². The SMILES string of the molecule is Cl.O=C(NCc1ccccc1-c1ccc(Cn2cccn2)cc1)C1CCCNC1. The highest BCUT2D eigenvalue weighted by Gasteiger charge is 2.20. The molecule has 152 valence electrons. The molecule has 1 atom stereocenters. The summed E-state index contributed by atoms with van der Waals surface area (Å²) >= 11 is 0. The molecule has 0 bridgehead atoms. The number of hydrogen-bond donors (Lipinski definition) is 2. The molecule has 1 amide bonds. The van der Waals surface area contributed by atoms with Crippen LogP contribution >= 0.6 is 12.4 Å². The average Bonchev–Trinajstić information content (AvgIpc) is 3.26. The van der Waals surface area contributed by atoms with Gasteiger partial charge in [0.15, 0.2) is 0 Å². The third-order valence-corrected chi connectivity index (χ3v) is 5.31. The molecule has 2 aromatic carbocycles. The zero-order valence-electron chi connectivity index (χ0n) is 16.4. The Kier molecular flexibility index (Phi) is 7.44. The van der Waals surface area contributed by atoms with Crippen LogP contribution in [0.1, 0.15) is 24.0 Å². The molecular formula is C23H27ClN4O. The van der Waals surface area contributed by atoms with Crippen LogP contribution < -0.4 is 10.6 Å². The summed E-state index contributed by atoms with van der Waals surface area (Å²) in [5.41, 5.74) is 4.67. The number of nitrogens with zero attached hydrogens (tertiary/aromatic N) is 2. The molecule has 0 radical (unpaired) electrons. The molecule has 29 heavy (non-hydrogen) atoms. The van der Waals surface area contributed by atoms with Gasteiger partial charge in [-0.15, -0.1) is 12.4 Å². The Balaban J connectivity index is 0.00000240. The topological polar surface area (TPSA) is 59.0 Å². The molecule has 5 nitrogen and oxygen atoms in total. The van der Waals surface area contributed by atoms with E-state index in [9.17, 15) is 4.79 Å². The Labute approximate surface area is 177 Å². The fourth-order valence-electron chi connectivity index (χ4n) is 3.73. The summed E-state index contributed by atoms with van der Waals surface area (Å²) in [6, 6.07) is 18.8. The van der Waals surface area contributed by atoms with Crippen LogP contribution in [0, 0.1) is 5.92 Å². The minimum Gasteiger partial charge on any atom is -0.352 e.